The van der Waals surface area contributed by atoms with E-state index in [9.17, 15) is 9.59 Å². The van der Waals surface area contributed by atoms with E-state index in [0.717, 1.165) is 5.69 Å². The lowest BCUT2D eigenvalue weighted by atomic mass is 10.1. The van der Waals surface area contributed by atoms with Crippen LogP contribution in [0.3, 0.4) is 0 Å². The number of hydrogen-bond donors (Lipinski definition) is 0. The lowest BCUT2D eigenvalue weighted by Crippen LogP contribution is -2.18. The highest BCUT2D eigenvalue weighted by atomic mass is 16.6. The molecule has 4 rings (SSSR count). The summed E-state index contributed by atoms with van der Waals surface area (Å²) in [6, 6.07) is 6.54. The fraction of sp³-hybridized carbons (Fsp3) is 0.318. The highest BCUT2D eigenvalue weighted by Crippen LogP contribution is 2.40. The van der Waals surface area contributed by atoms with Gasteiger partial charge in [-0.1, -0.05) is 5.16 Å². The van der Waals surface area contributed by atoms with Crippen LogP contribution in [-0.4, -0.2) is 48.4 Å². The number of carbonyl (C=O) groups excluding carboxylic acids is 2. The Morgan fingerprint density at radius 3 is 2.58 bits per heavy atom. The molecule has 2 aromatic heterocycles. The molecule has 3 heterocycles. The van der Waals surface area contributed by atoms with E-state index in [-0.39, 0.29) is 11.3 Å². The Morgan fingerprint density at radius 1 is 1.10 bits per heavy atom. The average Bonchev–Trinajstić information content (AvgIpc) is 3.32. The SMILES string of the molecule is COc1cc(C(=O)OCC(=O)c2cc(C)n(-c3cc(C)on3)c2C)cc2c1OCCO2. The molecule has 0 fully saturated rings. The van der Waals surface area contributed by atoms with Gasteiger partial charge >= 0.3 is 5.97 Å². The summed E-state index contributed by atoms with van der Waals surface area (Å²) in [6.45, 7) is 5.82. The molecule has 0 aliphatic carbocycles. The molecule has 9 heteroatoms. The Bertz CT molecular complexity index is 1140. The smallest absolute Gasteiger partial charge is 0.338 e. The molecule has 0 spiro atoms. The van der Waals surface area contributed by atoms with E-state index in [1.54, 1.807) is 26.0 Å². The molecule has 0 amide bonds. The van der Waals surface area contributed by atoms with Crippen molar-refractivity contribution in [3.05, 3.63) is 52.5 Å². The number of benzene rings is 1. The van der Waals surface area contributed by atoms with Crippen molar-refractivity contribution in [1.82, 2.24) is 9.72 Å². The molecule has 0 unspecified atom stereocenters. The zero-order valence-electron chi connectivity index (χ0n) is 17.7. The molecule has 1 aliphatic heterocycles. The van der Waals surface area contributed by atoms with E-state index in [1.807, 2.05) is 11.5 Å². The molecule has 1 aromatic carbocycles. The van der Waals surface area contributed by atoms with Crippen molar-refractivity contribution >= 4 is 11.8 Å². The minimum Gasteiger partial charge on any atom is -0.493 e. The number of fused-ring (bicyclic) bond motifs is 1. The highest BCUT2D eigenvalue weighted by Gasteiger charge is 2.23. The fourth-order valence-corrected chi connectivity index (χ4v) is 3.54. The second kappa shape index (κ2) is 8.17. The zero-order chi connectivity index (χ0) is 22.1. The zero-order valence-corrected chi connectivity index (χ0v) is 17.7. The van der Waals surface area contributed by atoms with E-state index >= 15 is 0 Å². The third-order valence-electron chi connectivity index (χ3n) is 4.97. The maximum absolute atomic E-state index is 12.8. The first kappa shape index (κ1) is 20.5. The van der Waals surface area contributed by atoms with E-state index in [1.165, 1.54) is 19.2 Å². The van der Waals surface area contributed by atoms with Crippen LogP contribution >= 0.6 is 0 Å². The maximum atomic E-state index is 12.8. The largest absolute Gasteiger partial charge is 0.493 e. The summed E-state index contributed by atoms with van der Waals surface area (Å²) in [7, 11) is 1.47. The summed E-state index contributed by atoms with van der Waals surface area (Å²) >= 11 is 0. The molecular formula is C22H22N2O7. The number of ketones is 1. The molecule has 162 valence electrons. The highest BCUT2D eigenvalue weighted by molar-refractivity contribution is 6.00. The first-order chi connectivity index (χ1) is 14.9. The number of rotatable bonds is 6. The van der Waals surface area contributed by atoms with Crippen LogP contribution in [0.2, 0.25) is 0 Å². The molecular weight excluding hydrogens is 404 g/mol. The van der Waals surface area contributed by atoms with Gasteiger partial charge in [0, 0.05) is 23.0 Å². The van der Waals surface area contributed by atoms with Gasteiger partial charge in [0.2, 0.25) is 11.5 Å². The number of hydrogen-bond acceptors (Lipinski definition) is 8. The van der Waals surface area contributed by atoms with Crippen LogP contribution in [0.25, 0.3) is 5.82 Å². The molecule has 0 radical (unpaired) electrons. The Labute approximate surface area is 178 Å². The third kappa shape index (κ3) is 3.86. The van der Waals surface area contributed by atoms with E-state index < -0.39 is 12.6 Å². The van der Waals surface area contributed by atoms with E-state index in [0.29, 0.717) is 53.3 Å². The van der Waals surface area contributed by atoms with Gasteiger partial charge in [-0.2, -0.15) is 0 Å². The van der Waals surface area contributed by atoms with Crippen LogP contribution in [0.4, 0.5) is 0 Å². The number of nitrogens with zero attached hydrogens (tertiary/aromatic N) is 2. The maximum Gasteiger partial charge on any atom is 0.338 e. The van der Waals surface area contributed by atoms with E-state index in [2.05, 4.69) is 5.16 Å². The number of esters is 1. The minimum absolute atomic E-state index is 0.206. The number of aryl methyl sites for hydroxylation is 2. The van der Waals surface area contributed by atoms with Gasteiger partial charge in [0.05, 0.1) is 12.7 Å². The van der Waals surface area contributed by atoms with Crippen molar-refractivity contribution in [3.63, 3.8) is 0 Å². The van der Waals surface area contributed by atoms with Crippen molar-refractivity contribution in [2.75, 3.05) is 26.9 Å². The minimum atomic E-state index is -0.662. The quantitative estimate of drug-likeness (QED) is 0.437. The summed E-state index contributed by atoms with van der Waals surface area (Å²) in [5, 5.41) is 4.00. The number of methoxy groups -OCH3 is 1. The molecule has 0 saturated heterocycles. The molecule has 3 aromatic rings. The Hall–Kier alpha value is -3.75. The standard InChI is InChI=1S/C22H22N2O7/c1-12-7-16(14(3)24(12)20-8-13(2)31-23-20)17(25)11-30-22(26)15-9-18(27-4)21-19(10-15)28-5-6-29-21/h7-10H,5-6,11H2,1-4H3. The number of ether oxygens (including phenoxy) is 4. The van der Waals surface area contributed by atoms with Gasteiger partial charge in [0.1, 0.15) is 19.0 Å². The fourth-order valence-electron chi connectivity index (χ4n) is 3.54. The molecule has 0 N–H and O–H groups in total. The van der Waals surface area contributed by atoms with Gasteiger partial charge in [-0.15, -0.1) is 0 Å². The topological polar surface area (TPSA) is 102 Å². The lowest BCUT2D eigenvalue weighted by Gasteiger charge is -2.21. The molecule has 31 heavy (non-hydrogen) atoms. The van der Waals surface area contributed by atoms with Crippen molar-refractivity contribution in [2.24, 2.45) is 0 Å². The molecule has 0 saturated carbocycles. The molecule has 0 bridgehead atoms. The van der Waals surface area contributed by atoms with Crippen LogP contribution in [0.5, 0.6) is 17.2 Å². The predicted molar refractivity (Wildman–Crippen MR) is 109 cm³/mol. The molecule has 0 atom stereocenters. The van der Waals surface area contributed by atoms with Gasteiger partial charge < -0.3 is 23.5 Å². The lowest BCUT2D eigenvalue weighted by molar-refractivity contribution is 0.0473. The summed E-state index contributed by atoms with van der Waals surface area (Å²) in [4.78, 5) is 25.3. The van der Waals surface area contributed by atoms with Gasteiger partial charge in [-0.05, 0) is 39.0 Å². The van der Waals surface area contributed by atoms with Crippen molar-refractivity contribution in [1.29, 1.82) is 0 Å². The third-order valence-corrected chi connectivity index (χ3v) is 4.97. The van der Waals surface area contributed by atoms with Crippen molar-refractivity contribution in [3.8, 4) is 23.1 Å². The summed E-state index contributed by atoms with van der Waals surface area (Å²) in [5.41, 5.74) is 2.16. The first-order valence-electron chi connectivity index (χ1n) is 9.69. The number of carbonyl (C=O) groups is 2. The molecule has 9 nitrogen and oxygen atoms in total. The van der Waals surface area contributed by atoms with Crippen LogP contribution in [0.15, 0.2) is 28.8 Å². The van der Waals surface area contributed by atoms with Crippen LogP contribution < -0.4 is 14.2 Å². The van der Waals surface area contributed by atoms with Crippen molar-refractivity contribution < 1.29 is 33.1 Å². The Morgan fingerprint density at radius 2 is 1.87 bits per heavy atom. The predicted octanol–water partition coefficient (Wildman–Crippen LogP) is 3.21. The second-order valence-corrected chi connectivity index (χ2v) is 7.12. The second-order valence-electron chi connectivity index (χ2n) is 7.12. The Balaban J connectivity index is 1.50. The summed E-state index contributed by atoms with van der Waals surface area (Å²) in [6.07, 6.45) is 0. The van der Waals surface area contributed by atoms with Crippen LogP contribution in [0, 0.1) is 20.8 Å². The normalized spacial score (nSPS) is 12.5. The Kier molecular flexibility index (Phi) is 5.41. The van der Waals surface area contributed by atoms with E-state index in [4.69, 9.17) is 23.5 Å². The first-order valence-corrected chi connectivity index (χ1v) is 9.69. The van der Waals surface area contributed by atoms with Gasteiger partial charge in [-0.25, -0.2) is 4.79 Å². The van der Waals surface area contributed by atoms with Crippen LogP contribution in [-0.2, 0) is 4.74 Å². The van der Waals surface area contributed by atoms with Crippen molar-refractivity contribution in [2.45, 2.75) is 20.8 Å². The summed E-state index contributed by atoms with van der Waals surface area (Å²) < 4.78 is 28.6. The monoisotopic (exact) mass is 426 g/mol. The van der Waals surface area contributed by atoms with Gasteiger partial charge in [0.15, 0.2) is 23.9 Å². The number of aromatic nitrogens is 2. The van der Waals surface area contributed by atoms with Gasteiger partial charge in [-0.3, -0.25) is 9.36 Å². The summed E-state index contributed by atoms with van der Waals surface area (Å²) in [5.74, 6) is 1.47. The molecule has 1 aliphatic rings. The number of Topliss-reactive ketones (excluding diaryl/α,β-unsaturated/α-hetero) is 1. The van der Waals surface area contributed by atoms with Gasteiger partial charge in [0.25, 0.3) is 0 Å². The average molecular weight is 426 g/mol. The van der Waals surface area contributed by atoms with Crippen LogP contribution in [0.1, 0.15) is 37.9 Å².